The largest absolute Gasteiger partial charge is 0.490 e. The van der Waals surface area contributed by atoms with E-state index in [1.165, 1.54) is 11.3 Å². The number of aryl methyl sites for hydroxylation is 1. The predicted molar refractivity (Wildman–Crippen MR) is 94.3 cm³/mol. The van der Waals surface area contributed by atoms with Crippen LogP contribution in [-0.2, 0) is 27.2 Å². The topological polar surface area (TPSA) is 88.0 Å². The molecule has 8 nitrogen and oxygen atoms in total. The lowest BCUT2D eigenvalue weighted by Gasteiger charge is -2.31. The van der Waals surface area contributed by atoms with E-state index < -0.39 is 12.1 Å². The molecule has 0 aromatic carbocycles. The van der Waals surface area contributed by atoms with Crippen LogP contribution in [0.5, 0.6) is 0 Å². The van der Waals surface area contributed by atoms with Crippen LogP contribution in [0.4, 0.5) is 19.1 Å². The van der Waals surface area contributed by atoms with Crippen molar-refractivity contribution in [2.24, 2.45) is 0 Å². The quantitative estimate of drug-likeness (QED) is 0.800. The molecule has 28 heavy (non-hydrogen) atoms. The van der Waals surface area contributed by atoms with Crippen molar-refractivity contribution in [3.05, 3.63) is 17.0 Å². The number of nitrogens with zero attached hydrogens (tertiary/aromatic N) is 4. The third-order valence-corrected chi connectivity index (χ3v) is 4.48. The van der Waals surface area contributed by atoms with E-state index in [1.807, 2.05) is 0 Å². The monoisotopic (exact) mass is 406 g/mol. The maximum absolute atomic E-state index is 10.6. The molecule has 2 aliphatic heterocycles. The summed E-state index contributed by atoms with van der Waals surface area (Å²) in [5, 5.41) is 7.12. The van der Waals surface area contributed by atoms with Gasteiger partial charge in [0.1, 0.15) is 0 Å². The second-order valence-corrected chi connectivity index (χ2v) is 6.46. The summed E-state index contributed by atoms with van der Waals surface area (Å²) in [4.78, 5) is 23.1. The van der Waals surface area contributed by atoms with Crippen molar-refractivity contribution >= 4 is 11.9 Å². The summed E-state index contributed by atoms with van der Waals surface area (Å²) in [6, 6.07) is 0. The van der Waals surface area contributed by atoms with Crippen LogP contribution in [0.15, 0.2) is 0 Å². The van der Waals surface area contributed by atoms with Crippen molar-refractivity contribution in [2.45, 2.75) is 26.1 Å². The zero-order chi connectivity index (χ0) is 20.7. The zero-order valence-corrected chi connectivity index (χ0v) is 16.0. The number of anilines is 1. The van der Waals surface area contributed by atoms with Crippen LogP contribution >= 0.6 is 0 Å². The fourth-order valence-electron chi connectivity index (χ4n) is 2.93. The lowest BCUT2D eigenvalue weighted by Crippen LogP contribution is -2.39. The van der Waals surface area contributed by atoms with Crippen molar-refractivity contribution < 1.29 is 32.5 Å². The number of methoxy groups -OCH3 is 1. The van der Waals surface area contributed by atoms with E-state index >= 15 is 0 Å². The van der Waals surface area contributed by atoms with E-state index in [1.54, 1.807) is 7.11 Å². The molecule has 0 aliphatic carbocycles. The molecule has 0 bridgehead atoms. The molecule has 2 aliphatic rings. The van der Waals surface area contributed by atoms with Gasteiger partial charge >= 0.3 is 12.1 Å². The van der Waals surface area contributed by atoms with Gasteiger partial charge in [-0.15, -0.1) is 0 Å². The predicted octanol–water partition coefficient (Wildman–Crippen LogP) is 1.26. The van der Waals surface area contributed by atoms with E-state index in [0.29, 0.717) is 0 Å². The fraction of sp³-hybridized carbons (Fsp3) is 0.706. The SMILES string of the molecule is COCCN1CCc2nc(N3CCOCC3)nc(C)c2C1.O=C(O)C(F)(F)F. The number of rotatable bonds is 4. The molecule has 1 saturated heterocycles. The lowest BCUT2D eigenvalue weighted by molar-refractivity contribution is -0.192. The fourth-order valence-corrected chi connectivity index (χ4v) is 2.93. The Balaban J connectivity index is 0.000000345. The number of morpholine rings is 1. The highest BCUT2D eigenvalue weighted by atomic mass is 19.4. The molecule has 3 heterocycles. The van der Waals surface area contributed by atoms with Crippen LogP contribution in [0.2, 0.25) is 0 Å². The van der Waals surface area contributed by atoms with Crippen molar-refractivity contribution in [1.82, 2.24) is 14.9 Å². The van der Waals surface area contributed by atoms with Crippen molar-refractivity contribution in [2.75, 3.05) is 58.0 Å². The van der Waals surface area contributed by atoms with Crippen LogP contribution in [0, 0.1) is 6.92 Å². The average Bonchev–Trinajstić information content (AvgIpc) is 2.67. The summed E-state index contributed by atoms with van der Waals surface area (Å²) >= 11 is 0. The molecule has 1 aromatic heterocycles. The molecule has 158 valence electrons. The van der Waals surface area contributed by atoms with Gasteiger partial charge in [-0.1, -0.05) is 0 Å². The second kappa shape index (κ2) is 9.99. The maximum Gasteiger partial charge on any atom is 0.490 e. The number of carboxylic acids is 1. The van der Waals surface area contributed by atoms with Crippen LogP contribution in [0.1, 0.15) is 17.0 Å². The summed E-state index contributed by atoms with van der Waals surface area (Å²) < 4.78 is 42.3. The van der Waals surface area contributed by atoms with Gasteiger partial charge in [0.25, 0.3) is 0 Å². The normalized spacial score (nSPS) is 17.5. The van der Waals surface area contributed by atoms with Gasteiger partial charge in [-0.2, -0.15) is 13.2 Å². The zero-order valence-electron chi connectivity index (χ0n) is 16.0. The molecular formula is C17H25F3N4O4. The first-order valence-electron chi connectivity index (χ1n) is 8.93. The molecule has 1 aromatic rings. The van der Waals surface area contributed by atoms with Gasteiger partial charge in [0, 0.05) is 57.5 Å². The van der Waals surface area contributed by atoms with E-state index in [2.05, 4.69) is 16.7 Å². The van der Waals surface area contributed by atoms with Crippen molar-refractivity contribution in [1.29, 1.82) is 0 Å². The Hall–Kier alpha value is -1.98. The summed E-state index contributed by atoms with van der Waals surface area (Å²) in [5.74, 6) is -1.88. The second-order valence-electron chi connectivity index (χ2n) is 6.46. The summed E-state index contributed by atoms with van der Waals surface area (Å²) in [6.45, 7) is 9.15. The first-order valence-corrected chi connectivity index (χ1v) is 8.93. The van der Waals surface area contributed by atoms with Gasteiger partial charge in [0.15, 0.2) is 0 Å². The Morgan fingerprint density at radius 1 is 1.25 bits per heavy atom. The number of fused-ring (bicyclic) bond motifs is 1. The molecule has 0 saturated carbocycles. The van der Waals surface area contributed by atoms with Gasteiger partial charge in [-0.05, 0) is 6.92 Å². The maximum atomic E-state index is 10.6. The Labute approximate surface area is 161 Å². The molecule has 0 amide bonds. The van der Waals surface area contributed by atoms with E-state index in [0.717, 1.165) is 70.6 Å². The van der Waals surface area contributed by atoms with Crippen LogP contribution in [-0.4, -0.2) is 85.2 Å². The highest BCUT2D eigenvalue weighted by molar-refractivity contribution is 5.73. The lowest BCUT2D eigenvalue weighted by atomic mass is 10.0. The van der Waals surface area contributed by atoms with Gasteiger partial charge in [0.05, 0.1) is 25.5 Å². The third kappa shape index (κ3) is 6.28. The summed E-state index contributed by atoms with van der Waals surface area (Å²) in [6.07, 6.45) is -4.08. The number of carboxylic acid groups (broad SMARTS) is 1. The minimum absolute atomic E-state index is 0.768. The molecule has 0 spiro atoms. The van der Waals surface area contributed by atoms with Crippen LogP contribution < -0.4 is 4.90 Å². The smallest absolute Gasteiger partial charge is 0.475 e. The third-order valence-electron chi connectivity index (χ3n) is 4.48. The number of aliphatic carboxylic acids is 1. The van der Waals surface area contributed by atoms with Gasteiger partial charge < -0.3 is 19.5 Å². The number of ether oxygens (including phenoxy) is 2. The number of carbonyl (C=O) groups is 1. The Kier molecular flexibility index (Phi) is 7.96. The Morgan fingerprint density at radius 3 is 2.46 bits per heavy atom. The standard InChI is InChI=1S/C15H24N4O2.C2HF3O2/c1-12-13-11-18(5-8-20-2)4-3-14(13)17-15(16-12)19-6-9-21-10-7-19;3-2(4,5)1(6)7/h3-11H2,1-2H3;(H,6,7). The first kappa shape index (κ1) is 22.3. The molecule has 1 fully saturated rings. The number of aromatic nitrogens is 2. The molecular weight excluding hydrogens is 381 g/mol. The molecule has 0 radical (unpaired) electrons. The van der Waals surface area contributed by atoms with E-state index in [-0.39, 0.29) is 0 Å². The van der Waals surface area contributed by atoms with E-state index in [4.69, 9.17) is 29.3 Å². The molecule has 0 atom stereocenters. The Bertz CT molecular complexity index is 667. The molecule has 11 heteroatoms. The van der Waals surface area contributed by atoms with Gasteiger partial charge in [-0.25, -0.2) is 14.8 Å². The molecule has 0 unspecified atom stereocenters. The van der Waals surface area contributed by atoms with Gasteiger partial charge in [-0.3, -0.25) is 4.90 Å². The number of halogens is 3. The average molecular weight is 406 g/mol. The van der Waals surface area contributed by atoms with Crippen LogP contribution in [0.3, 0.4) is 0 Å². The summed E-state index contributed by atoms with van der Waals surface area (Å²) in [5.41, 5.74) is 3.63. The summed E-state index contributed by atoms with van der Waals surface area (Å²) in [7, 11) is 1.75. The van der Waals surface area contributed by atoms with Crippen molar-refractivity contribution in [3.63, 3.8) is 0 Å². The number of hydrogen-bond donors (Lipinski definition) is 1. The van der Waals surface area contributed by atoms with E-state index in [9.17, 15) is 13.2 Å². The van der Waals surface area contributed by atoms with Crippen LogP contribution in [0.25, 0.3) is 0 Å². The van der Waals surface area contributed by atoms with Crippen molar-refractivity contribution in [3.8, 4) is 0 Å². The number of alkyl halides is 3. The minimum atomic E-state index is -5.08. The molecule has 1 N–H and O–H groups in total. The highest BCUT2D eigenvalue weighted by Crippen LogP contribution is 2.22. The number of hydrogen-bond acceptors (Lipinski definition) is 7. The highest BCUT2D eigenvalue weighted by Gasteiger charge is 2.38. The van der Waals surface area contributed by atoms with Gasteiger partial charge in [0.2, 0.25) is 5.95 Å². The first-order chi connectivity index (χ1) is 13.2. The molecule has 3 rings (SSSR count). The minimum Gasteiger partial charge on any atom is -0.475 e. The Morgan fingerprint density at radius 2 is 1.89 bits per heavy atom.